The molecule has 0 bridgehead atoms. The molecule has 3 aromatic rings. The Balaban J connectivity index is 1.42. The number of nitrogens with one attached hydrogen (secondary N) is 1. The van der Waals surface area contributed by atoms with Gasteiger partial charge in [0.05, 0.1) is 33.5 Å². The highest BCUT2D eigenvalue weighted by atomic mass is 16.6. The molecule has 0 atom stereocenters. The summed E-state index contributed by atoms with van der Waals surface area (Å²) in [7, 11) is 0. The largest absolute Gasteiger partial charge is 0.371 e. The maximum atomic E-state index is 12.9. The highest BCUT2D eigenvalue weighted by Crippen LogP contribution is 2.29. The highest BCUT2D eigenvalue weighted by molar-refractivity contribution is 6.00. The van der Waals surface area contributed by atoms with Gasteiger partial charge in [0.2, 0.25) is 0 Å². The molecule has 1 aliphatic heterocycles. The third-order valence-corrected chi connectivity index (χ3v) is 5.95. The van der Waals surface area contributed by atoms with Gasteiger partial charge in [-0.1, -0.05) is 19.1 Å². The second-order valence-corrected chi connectivity index (χ2v) is 8.16. The average Bonchev–Trinajstić information content (AvgIpc) is 3.20. The van der Waals surface area contributed by atoms with Crippen molar-refractivity contribution in [1.29, 1.82) is 0 Å². The number of piperidine rings is 1. The molecule has 1 amide bonds. The van der Waals surface area contributed by atoms with E-state index in [1.165, 1.54) is 12.1 Å². The lowest BCUT2D eigenvalue weighted by Gasteiger charge is -2.33. The van der Waals surface area contributed by atoms with Gasteiger partial charge >= 0.3 is 0 Å². The number of imidazole rings is 1. The van der Waals surface area contributed by atoms with Crippen LogP contribution in [0.3, 0.4) is 0 Å². The van der Waals surface area contributed by atoms with Gasteiger partial charge in [0.25, 0.3) is 11.6 Å². The summed E-state index contributed by atoms with van der Waals surface area (Å²) in [6, 6.07) is 12.5. The Kier molecular flexibility index (Phi) is 6.16. The first-order chi connectivity index (χ1) is 15.0. The fraction of sp³-hybridized carbons (Fsp3) is 0.391. The van der Waals surface area contributed by atoms with E-state index in [2.05, 4.69) is 26.7 Å². The summed E-state index contributed by atoms with van der Waals surface area (Å²) in [6.07, 6.45) is 4.65. The lowest BCUT2D eigenvalue weighted by atomic mass is 9.98. The molecule has 2 heterocycles. The molecular formula is C23H27N5O3. The predicted octanol–water partition coefficient (Wildman–Crippen LogP) is 4.00. The van der Waals surface area contributed by atoms with Crippen LogP contribution in [0, 0.1) is 16.0 Å². The minimum absolute atomic E-state index is 0.0656. The van der Waals surface area contributed by atoms with Crippen LogP contribution >= 0.6 is 0 Å². The van der Waals surface area contributed by atoms with E-state index in [0.29, 0.717) is 18.0 Å². The monoisotopic (exact) mass is 421 g/mol. The molecule has 0 spiro atoms. The Morgan fingerprint density at radius 1 is 1.23 bits per heavy atom. The van der Waals surface area contributed by atoms with E-state index >= 15 is 0 Å². The number of para-hydroxylation sites is 2. The third kappa shape index (κ3) is 4.68. The number of fused-ring (bicyclic) bond motifs is 1. The van der Waals surface area contributed by atoms with Gasteiger partial charge in [0, 0.05) is 38.3 Å². The molecule has 8 heteroatoms. The molecule has 1 N–H and O–H groups in total. The molecule has 2 aromatic carbocycles. The number of aromatic nitrogens is 2. The van der Waals surface area contributed by atoms with Crippen LogP contribution in [0.1, 0.15) is 36.5 Å². The Morgan fingerprint density at radius 2 is 2.00 bits per heavy atom. The molecule has 4 rings (SSSR count). The van der Waals surface area contributed by atoms with Crippen molar-refractivity contribution >= 4 is 28.3 Å². The molecule has 31 heavy (non-hydrogen) atoms. The van der Waals surface area contributed by atoms with Crippen LogP contribution in [0.4, 0.5) is 11.4 Å². The lowest BCUT2D eigenvalue weighted by Crippen LogP contribution is -2.35. The number of rotatable bonds is 7. The smallest absolute Gasteiger partial charge is 0.270 e. The van der Waals surface area contributed by atoms with Crippen molar-refractivity contribution in [3.8, 4) is 0 Å². The summed E-state index contributed by atoms with van der Waals surface area (Å²) < 4.78 is 2.06. The van der Waals surface area contributed by atoms with Crippen LogP contribution in [-0.4, -0.2) is 40.0 Å². The molecule has 1 saturated heterocycles. The molecule has 0 saturated carbocycles. The van der Waals surface area contributed by atoms with Gasteiger partial charge in [-0.2, -0.15) is 0 Å². The summed E-state index contributed by atoms with van der Waals surface area (Å²) in [5.41, 5.74) is 3.09. The fourth-order valence-corrected chi connectivity index (χ4v) is 4.08. The number of aryl methyl sites for hydroxylation is 1. The first-order valence-corrected chi connectivity index (χ1v) is 10.7. The predicted molar refractivity (Wildman–Crippen MR) is 120 cm³/mol. The van der Waals surface area contributed by atoms with Crippen LogP contribution in [0.25, 0.3) is 11.0 Å². The Bertz CT molecular complexity index is 1090. The van der Waals surface area contributed by atoms with Gasteiger partial charge < -0.3 is 14.8 Å². The number of amides is 1. The molecule has 1 fully saturated rings. The standard InChI is InChI=1S/C23H27N5O3/c1-17-9-13-26(14-10-17)21-8-7-18(28(30)31)15-19(21)23(29)24-11-4-12-27-16-25-20-5-2-3-6-22(20)27/h2-3,5-8,15-17H,4,9-14H2,1H3,(H,24,29). The minimum atomic E-state index is -0.455. The quantitative estimate of drug-likeness (QED) is 0.354. The number of nitrogens with zero attached hydrogens (tertiary/aromatic N) is 4. The Morgan fingerprint density at radius 3 is 2.77 bits per heavy atom. The van der Waals surface area contributed by atoms with Crippen LogP contribution in [0.2, 0.25) is 0 Å². The second-order valence-electron chi connectivity index (χ2n) is 8.16. The lowest BCUT2D eigenvalue weighted by molar-refractivity contribution is -0.384. The van der Waals surface area contributed by atoms with Gasteiger partial charge in [-0.05, 0) is 43.4 Å². The van der Waals surface area contributed by atoms with Crippen molar-refractivity contribution in [2.45, 2.75) is 32.7 Å². The second kappa shape index (κ2) is 9.16. The van der Waals surface area contributed by atoms with Crippen LogP contribution < -0.4 is 10.2 Å². The number of carbonyl (C=O) groups is 1. The van der Waals surface area contributed by atoms with E-state index in [-0.39, 0.29) is 11.6 Å². The van der Waals surface area contributed by atoms with E-state index < -0.39 is 4.92 Å². The van der Waals surface area contributed by atoms with Gasteiger partial charge in [-0.25, -0.2) is 4.98 Å². The van der Waals surface area contributed by atoms with Crippen LogP contribution in [-0.2, 0) is 6.54 Å². The number of carbonyl (C=O) groups excluding carboxylic acids is 1. The van der Waals surface area contributed by atoms with Gasteiger partial charge in [-0.15, -0.1) is 0 Å². The van der Waals surface area contributed by atoms with E-state index in [1.807, 2.05) is 30.6 Å². The summed E-state index contributed by atoms with van der Waals surface area (Å²) in [5, 5.41) is 14.2. The van der Waals surface area contributed by atoms with Crippen LogP contribution in [0.5, 0.6) is 0 Å². The van der Waals surface area contributed by atoms with Gasteiger partial charge in [0.15, 0.2) is 0 Å². The number of hydrogen-bond donors (Lipinski definition) is 1. The van der Waals surface area contributed by atoms with Gasteiger partial charge in [-0.3, -0.25) is 14.9 Å². The van der Waals surface area contributed by atoms with Gasteiger partial charge in [0.1, 0.15) is 0 Å². The fourth-order valence-electron chi connectivity index (χ4n) is 4.08. The average molecular weight is 422 g/mol. The van der Waals surface area contributed by atoms with E-state index in [1.54, 1.807) is 6.07 Å². The summed E-state index contributed by atoms with van der Waals surface area (Å²) >= 11 is 0. The maximum absolute atomic E-state index is 12.9. The molecule has 1 aromatic heterocycles. The first kappa shape index (κ1) is 20.8. The van der Waals surface area contributed by atoms with Crippen LogP contribution in [0.15, 0.2) is 48.8 Å². The maximum Gasteiger partial charge on any atom is 0.270 e. The minimum Gasteiger partial charge on any atom is -0.371 e. The SMILES string of the molecule is CC1CCN(c2ccc([N+](=O)[O-])cc2C(=O)NCCCn2cnc3ccccc32)CC1. The van der Waals surface area contributed by atoms with Crippen molar-refractivity contribution in [2.75, 3.05) is 24.5 Å². The van der Waals surface area contributed by atoms with E-state index in [9.17, 15) is 14.9 Å². The molecule has 0 aliphatic carbocycles. The number of benzene rings is 2. The molecular weight excluding hydrogens is 394 g/mol. The first-order valence-electron chi connectivity index (χ1n) is 10.7. The Labute approximate surface area is 181 Å². The highest BCUT2D eigenvalue weighted by Gasteiger charge is 2.23. The number of hydrogen-bond acceptors (Lipinski definition) is 5. The Hall–Kier alpha value is -3.42. The normalized spacial score (nSPS) is 14.7. The topological polar surface area (TPSA) is 93.3 Å². The molecule has 8 nitrogen and oxygen atoms in total. The van der Waals surface area contributed by atoms with E-state index in [0.717, 1.165) is 55.6 Å². The number of anilines is 1. The summed E-state index contributed by atoms with van der Waals surface area (Å²) in [6.45, 7) is 5.14. The van der Waals surface area contributed by atoms with Crippen molar-refractivity contribution in [1.82, 2.24) is 14.9 Å². The molecule has 1 aliphatic rings. The third-order valence-electron chi connectivity index (χ3n) is 5.95. The zero-order chi connectivity index (χ0) is 21.8. The summed E-state index contributed by atoms with van der Waals surface area (Å²) in [5.74, 6) is 0.388. The van der Waals surface area contributed by atoms with E-state index in [4.69, 9.17) is 0 Å². The molecule has 0 unspecified atom stereocenters. The molecule has 0 radical (unpaired) electrons. The van der Waals surface area contributed by atoms with Crippen molar-refractivity contribution in [3.63, 3.8) is 0 Å². The van der Waals surface area contributed by atoms with Crippen molar-refractivity contribution < 1.29 is 9.72 Å². The number of non-ortho nitro benzene ring substituents is 1. The summed E-state index contributed by atoms with van der Waals surface area (Å²) in [4.78, 5) is 30.3. The van der Waals surface area contributed by atoms with Crippen molar-refractivity contribution in [3.05, 3.63) is 64.5 Å². The molecule has 162 valence electrons. The van der Waals surface area contributed by atoms with Crippen molar-refractivity contribution in [2.24, 2.45) is 5.92 Å². The zero-order valence-corrected chi connectivity index (χ0v) is 17.7. The number of nitro groups is 1. The number of nitro benzene ring substituents is 1. The zero-order valence-electron chi connectivity index (χ0n) is 17.7.